The number of rotatable bonds is 3. The van der Waals surface area contributed by atoms with E-state index in [0.29, 0.717) is 0 Å². The van der Waals surface area contributed by atoms with Crippen LogP contribution in [-0.4, -0.2) is 19.6 Å². The van der Waals surface area contributed by atoms with Crippen LogP contribution >= 0.6 is 0 Å². The first-order valence-corrected chi connectivity index (χ1v) is 5.60. The predicted molar refractivity (Wildman–Crippen MR) is 51.0 cm³/mol. The van der Waals surface area contributed by atoms with Gasteiger partial charge in [-0.2, -0.15) is 5.90 Å². The lowest BCUT2D eigenvalue weighted by molar-refractivity contribution is -0.386. The van der Waals surface area contributed by atoms with Crippen LogP contribution in [-0.2, 0) is 9.84 Å². The third kappa shape index (κ3) is 2.42. The van der Waals surface area contributed by atoms with Crippen molar-refractivity contribution in [3.63, 3.8) is 0 Å². The first-order chi connectivity index (χ1) is 6.86. The van der Waals surface area contributed by atoms with Crippen LogP contribution < -0.4 is 10.7 Å². The van der Waals surface area contributed by atoms with Crippen molar-refractivity contribution in [2.24, 2.45) is 5.90 Å². The van der Waals surface area contributed by atoms with E-state index >= 15 is 0 Å². The number of hydrogen-bond donors (Lipinski definition) is 1. The van der Waals surface area contributed by atoms with Gasteiger partial charge in [0, 0.05) is 12.3 Å². The largest absolute Gasteiger partial charge is 0.404 e. The van der Waals surface area contributed by atoms with E-state index in [9.17, 15) is 18.5 Å². The quantitative estimate of drug-likeness (QED) is 0.590. The lowest BCUT2D eigenvalue weighted by atomic mass is 10.3. The highest BCUT2D eigenvalue weighted by molar-refractivity contribution is 7.90. The zero-order chi connectivity index (χ0) is 11.6. The molecule has 0 aliphatic heterocycles. The van der Waals surface area contributed by atoms with Crippen LogP contribution in [0.3, 0.4) is 0 Å². The Kier molecular flexibility index (Phi) is 2.91. The Bertz CT molecular complexity index is 496. The Balaban J connectivity index is 3.42. The summed E-state index contributed by atoms with van der Waals surface area (Å²) in [6, 6.07) is 3.22. The zero-order valence-electron chi connectivity index (χ0n) is 7.71. The van der Waals surface area contributed by atoms with Crippen LogP contribution in [0, 0.1) is 10.1 Å². The predicted octanol–water partition coefficient (Wildman–Crippen LogP) is 0.251. The van der Waals surface area contributed by atoms with Crippen molar-refractivity contribution in [2.45, 2.75) is 4.90 Å². The number of sulfone groups is 1. The summed E-state index contributed by atoms with van der Waals surface area (Å²) in [5, 5.41) is 10.5. The summed E-state index contributed by atoms with van der Waals surface area (Å²) in [6.45, 7) is 0. The van der Waals surface area contributed by atoms with Gasteiger partial charge in [-0.1, -0.05) is 0 Å². The maximum Gasteiger partial charge on any atom is 0.314 e. The number of hydrogen-bond acceptors (Lipinski definition) is 6. The molecule has 0 unspecified atom stereocenters. The van der Waals surface area contributed by atoms with Crippen molar-refractivity contribution in [2.75, 3.05) is 6.26 Å². The van der Waals surface area contributed by atoms with Crippen molar-refractivity contribution < 1.29 is 18.2 Å². The zero-order valence-corrected chi connectivity index (χ0v) is 8.52. The summed E-state index contributed by atoms with van der Waals surface area (Å²) in [5.41, 5.74) is -0.486. The SMILES string of the molecule is CS(=O)(=O)c1ccc(ON)c([N+](=O)[O-])c1. The molecule has 0 radical (unpaired) electrons. The molecule has 7 nitrogen and oxygen atoms in total. The number of nitrogens with two attached hydrogens (primary N) is 1. The minimum Gasteiger partial charge on any atom is -0.404 e. The van der Waals surface area contributed by atoms with E-state index in [2.05, 4.69) is 4.84 Å². The number of nitro benzene ring substituents is 1. The van der Waals surface area contributed by atoms with Crippen molar-refractivity contribution in [3.8, 4) is 5.75 Å². The fourth-order valence-corrected chi connectivity index (χ4v) is 1.61. The molecule has 0 aliphatic rings. The summed E-state index contributed by atoms with van der Waals surface area (Å²) in [4.78, 5) is 13.8. The Morgan fingerprint density at radius 2 is 2.07 bits per heavy atom. The molecule has 0 saturated carbocycles. The van der Waals surface area contributed by atoms with Gasteiger partial charge in [0.15, 0.2) is 9.84 Å². The Morgan fingerprint density at radius 3 is 2.47 bits per heavy atom. The summed E-state index contributed by atoms with van der Waals surface area (Å²) in [6.07, 6.45) is 0.953. The van der Waals surface area contributed by atoms with Crippen molar-refractivity contribution in [1.29, 1.82) is 0 Å². The fraction of sp³-hybridized carbons (Fsp3) is 0.143. The van der Waals surface area contributed by atoms with Gasteiger partial charge in [-0.15, -0.1) is 0 Å². The monoisotopic (exact) mass is 232 g/mol. The summed E-state index contributed by atoms with van der Waals surface area (Å²) < 4.78 is 22.2. The van der Waals surface area contributed by atoms with Gasteiger partial charge in [0.1, 0.15) is 0 Å². The van der Waals surface area contributed by atoms with Crippen molar-refractivity contribution >= 4 is 15.5 Å². The highest BCUT2D eigenvalue weighted by Gasteiger charge is 2.19. The minimum atomic E-state index is -3.48. The summed E-state index contributed by atoms with van der Waals surface area (Å²) in [7, 11) is -3.48. The maximum absolute atomic E-state index is 11.1. The van der Waals surface area contributed by atoms with Crippen LogP contribution in [0.1, 0.15) is 0 Å². The minimum absolute atomic E-state index is 0.157. The van der Waals surface area contributed by atoms with E-state index in [0.717, 1.165) is 18.4 Å². The second-order valence-corrected chi connectivity index (χ2v) is 4.79. The average molecular weight is 232 g/mol. The van der Waals surface area contributed by atoms with E-state index in [1.54, 1.807) is 0 Å². The van der Waals surface area contributed by atoms with Crippen molar-refractivity contribution in [1.82, 2.24) is 0 Å². The van der Waals surface area contributed by atoms with E-state index < -0.39 is 20.4 Å². The second kappa shape index (κ2) is 3.83. The molecule has 0 aromatic heterocycles. The Morgan fingerprint density at radius 1 is 1.47 bits per heavy atom. The Hall–Kier alpha value is -1.67. The molecule has 82 valence electrons. The average Bonchev–Trinajstić information content (AvgIpc) is 2.15. The molecular formula is C7H8N2O5S. The molecule has 0 spiro atoms. The number of nitrogens with zero attached hydrogens (tertiary/aromatic N) is 1. The van der Waals surface area contributed by atoms with Crippen LogP contribution in [0.4, 0.5) is 5.69 Å². The molecule has 15 heavy (non-hydrogen) atoms. The topological polar surface area (TPSA) is 113 Å². The molecule has 0 atom stereocenters. The van der Waals surface area contributed by atoms with Gasteiger partial charge < -0.3 is 4.84 Å². The molecular weight excluding hydrogens is 224 g/mol. The first kappa shape index (κ1) is 11.4. The molecule has 0 heterocycles. The smallest absolute Gasteiger partial charge is 0.314 e. The lowest BCUT2D eigenvalue weighted by Gasteiger charge is -2.02. The van der Waals surface area contributed by atoms with Gasteiger partial charge in [-0.05, 0) is 12.1 Å². The number of benzene rings is 1. The molecule has 8 heteroatoms. The highest BCUT2D eigenvalue weighted by atomic mass is 32.2. The summed E-state index contributed by atoms with van der Waals surface area (Å²) in [5.74, 6) is 4.61. The van der Waals surface area contributed by atoms with Crippen molar-refractivity contribution in [3.05, 3.63) is 28.3 Å². The molecule has 0 fully saturated rings. The van der Waals surface area contributed by atoms with Crippen LogP contribution in [0.2, 0.25) is 0 Å². The second-order valence-electron chi connectivity index (χ2n) is 2.78. The van der Waals surface area contributed by atoms with Gasteiger partial charge in [0.25, 0.3) is 0 Å². The van der Waals surface area contributed by atoms with Gasteiger partial charge in [-0.3, -0.25) is 10.1 Å². The molecule has 0 aliphatic carbocycles. The van der Waals surface area contributed by atoms with E-state index in [-0.39, 0.29) is 10.6 Å². The highest BCUT2D eigenvalue weighted by Crippen LogP contribution is 2.28. The standard InChI is InChI=1S/C7H8N2O5S/c1-15(12,13)5-2-3-7(14-8)6(4-5)9(10)11/h2-4H,8H2,1H3. The fourth-order valence-electron chi connectivity index (χ4n) is 0.970. The van der Waals surface area contributed by atoms with Gasteiger partial charge in [0.2, 0.25) is 5.75 Å². The van der Waals surface area contributed by atoms with E-state index in [1.165, 1.54) is 6.07 Å². The molecule has 0 amide bonds. The molecule has 0 bridgehead atoms. The third-order valence-corrected chi connectivity index (χ3v) is 2.79. The number of nitro groups is 1. The molecule has 2 N–H and O–H groups in total. The lowest BCUT2D eigenvalue weighted by Crippen LogP contribution is -2.06. The maximum atomic E-state index is 11.1. The molecule has 1 aromatic rings. The Labute approximate surface area is 85.5 Å². The third-order valence-electron chi connectivity index (χ3n) is 1.68. The van der Waals surface area contributed by atoms with Crippen LogP contribution in [0.5, 0.6) is 5.75 Å². The molecule has 1 aromatic carbocycles. The van der Waals surface area contributed by atoms with Gasteiger partial charge in [-0.25, -0.2) is 8.42 Å². The molecule has 0 saturated heterocycles. The van der Waals surface area contributed by atoms with Crippen LogP contribution in [0.25, 0.3) is 0 Å². The summed E-state index contributed by atoms with van der Waals surface area (Å²) >= 11 is 0. The van der Waals surface area contributed by atoms with E-state index in [1.807, 2.05) is 0 Å². The van der Waals surface area contributed by atoms with Crippen LogP contribution in [0.15, 0.2) is 23.1 Å². The normalized spacial score (nSPS) is 11.1. The molecule has 1 rings (SSSR count). The van der Waals surface area contributed by atoms with Gasteiger partial charge in [0.05, 0.1) is 9.82 Å². The van der Waals surface area contributed by atoms with Gasteiger partial charge >= 0.3 is 5.69 Å². The first-order valence-electron chi connectivity index (χ1n) is 3.71. The van der Waals surface area contributed by atoms with E-state index in [4.69, 9.17) is 5.90 Å².